The maximum absolute atomic E-state index is 2.48. The molecule has 4 aliphatic rings. The molecule has 0 spiro atoms. The van der Waals surface area contributed by atoms with E-state index >= 15 is 0 Å². The van der Waals surface area contributed by atoms with Crippen molar-refractivity contribution >= 4 is 132 Å². The molecule has 4 saturated heterocycles. The zero-order valence-electron chi connectivity index (χ0n) is 14.4. The third-order valence-electron chi connectivity index (χ3n) is 3.85. The van der Waals surface area contributed by atoms with Crippen LogP contribution in [0.25, 0.3) is 0 Å². The summed E-state index contributed by atoms with van der Waals surface area (Å²) in [4.78, 5) is 0. The number of thioether (sulfide) groups is 4. The van der Waals surface area contributed by atoms with Gasteiger partial charge in [-0.25, -0.2) is 0 Å². The molecule has 0 bridgehead atoms. The van der Waals surface area contributed by atoms with Gasteiger partial charge >= 0.3 is 211 Å². The number of rotatable bonds is 13. The second-order valence-corrected chi connectivity index (χ2v) is 53.5. The average Bonchev–Trinajstić information content (AvgIpc) is 2.47. The van der Waals surface area contributed by atoms with Crippen molar-refractivity contribution < 1.29 is 0 Å². The summed E-state index contributed by atoms with van der Waals surface area (Å²) in [6.07, 6.45) is 0. The van der Waals surface area contributed by atoms with Crippen molar-refractivity contribution in [2.45, 2.75) is 21.0 Å². The molecular weight excluding hydrogens is 732 g/mol. The molecule has 0 N–H and O–H groups in total. The predicted molar refractivity (Wildman–Crippen MR) is 151 cm³/mol. The molecule has 4 aliphatic heterocycles. The Morgan fingerprint density at radius 3 is 0.962 bits per heavy atom. The predicted octanol–water partition coefficient (Wildman–Crippen LogP) is 5.82. The van der Waals surface area contributed by atoms with Gasteiger partial charge in [-0.1, -0.05) is 0 Å². The first-order valence-electron chi connectivity index (χ1n) is 8.69. The number of hydrogen-bond acceptors (Lipinski definition) is 10. The van der Waals surface area contributed by atoms with Crippen LogP contribution in [0.2, 0.25) is 0 Å². The van der Waals surface area contributed by atoms with E-state index in [-0.39, 0.29) is 0 Å². The molecule has 4 fully saturated rings. The molecule has 12 heteroatoms. The van der Waals surface area contributed by atoms with Crippen LogP contribution in [-0.4, -0.2) is 111 Å². The van der Waals surface area contributed by atoms with Gasteiger partial charge in [-0.2, -0.15) is 0 Å². The monoisotopic (exact) mass is 754 g/mol. The topological polar surface area (TPSA) is 0 Å². The van der Waals surface area contributed by atoms with Crippen molar-refractivity contribution in [3.8, 4) is 0 Å². The molecule has 4 rings (SSSR count). The molecule has 0 saturated carbocycles. The SMILES string of the molecule is C(C[S][Sb]([S]C1CSC1)[S]C1CSC1)[S][Sb]([S]C1CSC1)[S]C1CSC1. The van der Waals surface area contributed by atoms with E-state index < -0.39 is 32.0 Å². The van der Waals surface area contributed by atoms with Crippen molar-refractivity contribution in [3.05, 3.63) is 0 Å². The summed E-state index contributed by atoms with van der Waals surface area (Å²) in [5.74, 6) is 14.5. The van der Waals surface area contributed by atoms with Crippen molar-refractivity contribution in [1.82, 2.24) is 0 Å². The first-order valence-corrected chi connectivity index (χ1v) is 37.3. The van der Waals surface area contributed by atoms with Crippen molar-refractivity contribution in [2.75, 3.05) is 57.5 Å². The van der Waals surface area contributed by atoms with Gasteiger partial charge in [-0.15, -0.1) is 0 Å². The van der Waals surface area contributed by atoms with Crippen molar-refractivity contribution in [3.63, 3.8) is 0 Å². The molecule has 0 aromatic heterocycles. The van der Waals surface area contributed by atoms with E-state index in [1.54, 1.807) is 0 Å². The Morgan fingerprint density at radius 2 is 0.769 bits per heavy atom. The van der Waals surface area contributed by atoms with E-state index in [0.29, 0.717) is 0 Å². The Balaban J connectivity index is 1.15. The fourth-order valence-corrected chi connectivity index (χ4v) is 72.8. The summed E-state index contributed by atoms with van der Waals surface area (Å²) in [5, 5.41) is 4.14. The van der Waals surface area contributed by atoms with Crippen molar-refractivity contribution in [2.24, 2.45) is 0 Å². The third-order valence-corrected chi connectivity index (χ3v) is 60.5. The minimum atomic E-state index is -1.16. The Hall–Kier alpha value is 5.14. The molecule has 0 aliphatic carbocycles. The molecule has 0 atom stereocenters. The van der Waals surface area contributed by atoms with Gasteiger partial charge in [0.1, 0.15) is 0 Å². The Morgan fingerprint density at radius 1 is 0.500 bits per heavy atom. The maximum atomic E-state index is 2.48. The summed E-state index contributed by atoms with van der Waals surface area (Å²) in [7, 11) is 14.9. The Kier molecular flexibility index (Phi) is 12.8. The number of hydrogen-bond donors (Lipinski definition) is 0. The van der Waals surface area contributed by atoms with Gasteiger partial charge in [0.25, 0.3) is 0 Å². The fraction of sp³-hybridized carbons (Fsp3) is 1.00. The van der Waals surface area contributed by atoms with Crippen LogP contribution in [0.4, 0.5) is 0 Å². The summed E-state index contributed by atoms with van der Waals surface area (Å²) in [6, 6.07) is 0. The Labute approximate surface area is 207 Å². The van der Waals surface area contributed by atoms with E-state index in [1.165, 1.54) is 57.5 Å². The summed E-state index contributed by atoms with van der Waals surface area (Å²) in [5.41, 5.74) is 0. The zero-order valence-corrected chi connectivity index (χ0v) is 27.6. The van der Waals surface area contributed by atoms with Gasteiger partial charge < -0.3 is 0 Å². The van der Waals surface area contributed by atoms with E-state index in [0.717, 1.165) is 21.0 Å². The van der Waals surface area contributed by atoms with Crippen LogP contribution in [0.15, 0.2) is 0 Å². The van der Waals surface area contributed by atoms with Gasteiger partial charge in [0.2, 0.25) is 0 Å². The minimum absolute atomic E-state index is 1.03. The fourth-order valence-electron chi connectivity index (χ4n) is 1.98. The van der Waals surface area contributed by atoms with Gasteiger partial charge in [-0.3, -0.25) is 0 Å². The summed E-state index contributed by atoms with van der Waals surface area (Å²) in [6.45, 7) is 0. The van der Waals surface area contributed by atoms with E-state index in [4.69, 9.17) is 0 Å². The van der Waals surface area contributed by atoms with Crippen LogP contribution >= 0.6 is 100 Å². The Bertz CT molecular complexity index is 347. The standard InChI is InChI=1S/4C3H6S2.C2H6S2.2Sb/c4*4-3-1-5-2-3;3-1-2-4;;/h4*3-4H,1-2H2;3-4H,1-2H2;;/q;;;;;2*+3/p-6. The zero-order chi connectivity index (χ0) is 17.6. The van der Waals surface area contributed by atoms with Crippen LogP contribution in [0, 0.1) is 0 Å². The molecule has 0 nitrogen and oxygen atoms in total. The van der Waals surface area contributed by atoms with Crippen LogP contribution in [0.3, 0.4) is 0 Å². The van der Waals surface area contributed by atoms with Crippen LogP contribution in [-0.2, 0) is 0 Å². The van der Waals surface area contributed by atoms with Gasteiger partial charge in [0, 0.05) is 0 Å². The van der Waals surface area contributed by atoms with Crippen LogP contribution in [0.1, 0.15) is 0 Å². The van der Waals surface area contributed by atoms with E-state index in [1.807, 2.05) is 0 Å². The molecule has 0 radical (unpaired) electrons. The van der Waals surface area contributed by atoms with E-state index in [2.05, 4.69) is 100 Å². The first-order chi connectivity index (χ1) is 12.8. The van der Waals surface area contributed by atoms with Crippen LogP contribution < -0.4 is 0 Å². The molecule has 4 heterocycles. The molecule has 0 amide bonds. The van der Waals surface area contributed by atoms with Crippen molar-refractivity contribution in [1.29, 1.82) is 0 Å². The van der Waals surface area contributed by atoms with Crippen LogP contribution in [0.5, 0.6) is 0 Å². The summed E-state index contributed by atoms with van der Waals surface area (Å²) < 4.78 is 0. The quantitative estimate of drug-likeness (QED) is 0.166. The van der Waals surface area contributed by atoms with Gasteiger partial charge in [-0.05, 0) is 0 Å². The third kappa shape index (κ3) is 8.49. The molecule has 0 aromatic rings. The normalized spacial score (nSPS) is 25.2. The molecular formula is C14H24S10Sb2. The molecule has 0 aromatic carbocycles. The molecule has 26 heavy (non-hydrogen) atoms. The first kappa shape index (κ1) is 24.3. The molecule has 150 valence electrons. The van der Waals surface area contributed by atoms with Gasteiger partial charge in [0.05, 0.1) is 0 Å². The average molecular weight is 757 g/mol. The molecule has 0 unspecified atom stereocenters. The second kappa shape index (κ2) is 13.7. The summed E-state index contributed by atoms with van der Waals surface area (Å²) >= 11 is 6.34. The second-order valence-electron chi connectivity index (χ2n) is 6.17. The van der Waals surface area contributed by atoms with Gasteiger partial charge in [0.15, 0.2) is 0 Å². The van der Waals surface area contributed by atoms with E-state index in [9.17, 15) is 0 Å².